The average molecular weight is 607 g/mol. The monoisotopic (exact) mass is 605 g/mol. The van der Waals surface area contributed by atoms with Crippen molar-refractivity contribution in [1.82, 2.24) is 14.9 Å². The van der Waals surface area contributed by atoms with E-state index in [1.165, 1.54) is 0 Å². The van der Waals surface area contributed by atoms with Gasteiger partial charge in [-0.2, -0.15) is 4.98 Å². The molecule has 11 heteroatoms. The molecule has 2 aliphatic rings. The maximum atomic E-state index is 13.7. The molecular formula is C30H26Cl3N7O. The minimum atomic E-state index is -0.230. The Labute approximate surface area is 253 Å². The molecule has 0 bridgehead atoms. The predicted octanol–water partition coefficient (Wildman–Crippen LogP) is 5.86. The molecular weight excluding hydrogens is 581 g/mol. The van der Waals surface area contributed by atoms with Crippen LogP contribution in [0.15, 0.2) is 77.9 Å². The average Bonchev–Trinajstić information content (AvgIpc) is 3.21. The lowest BCUT2D eigenvalue weighted by atomic mass is 10.1. The second-order valence-corrected chi connectivity index (χ2v) is 11.3. The van der Waals surface area contributed by atoms with Gasteiger partial charge in [0.2, 0.25) is 0 Å². The minimum Gasteiger partial charge on any atom is -0.383 e. The number of carbonyl (C=O) groups is 1. The molecule has 0 unspecified atom stereocenters. The lowest BCUT2D eigenvalue weighted by Crippen LogP contribution is -2.51. The summed E-state index contributed by atoms with van der Waals surface area (Å²) in [6, 6.07) is 20.8. The highest BCUT2D eigenvalue weighted by Crippen LogP contribution is 2.33. The number of halogens is 3. The van der Waals surface area contributed by atoms with E-state index in [0.717, 1.165) is 53.7 Å². The van der Waals surface area contributed by atoms with E-state index in [4.69, 9.17) is 40.5 Å². The summed E-state index contributed by atoms with van der Waals surface area (Å²) >= 11 is 18.5. The first-order valence-electron chi connectivity index (χ1n) is 13.1. The highest BCUT2D eigenvalue weighted by Gasteiger charge is 2.36. The van der Waals surface area contributed by atoms with Crippen LogP contribution >= 0.6 is 34.8 Å². The van der Waals surface area contributed by atoms with Crippen molar-refractivity contribution < 1.29 is 4.79 Å². The standard InChI is InChI=1S/C30H26Cl3N7O/c31-21-6-4-19(5-7-21)14-20-17-35-30(37-28(20)34)36-27-25-16-23(33)8-9-26(25)40(29(27)41)18-38-10-12-39(13-11-38)24-3-1-2-22(32)15-24/h1-9,15-17H,10-14,18H2,(H2,34,35,37)/b36-27-. The van der Waals surface area contributed by atoms with Crippen LogP contribution in [0, 0.1) is 0 Å². The number of hydrogen-bond acceptors (Lipinski definition) is 7. The first-order valence-corrected chi connectivity index (χ1v) is 14.3. The van der Waals surface area contributed by atoms with Gasteiger partial charge in [0.25, 0.3) is 11.9 Å². The molecule has 1 fully saturated rings. The van der Waals surface area contributed by atoms with Gasteiger partial charge >= 0.3 is 0 Å². The Balaban J connectivity index is 1.20. The van der Waals surface area contributed by atoms with Crippen LogP contribution in [0.5, 0.6) is 0 Å². The van der Waals surface area contributed by atoms with Crippen LogP contribution < -0.4 is 15.5 Å². The van der Waals surface area contributed by atoms with Crippen LogP contribution in [0.1, 0.15) is 16.7 Å². The van der Waals surface area contributed by atoms with Crippen molar-refractivity contribution in [3.05, 3.63) is 105 Å². The summed E-state index contributed by atoms with van der Waals surface area (Å²) in [5.41, 5.74) is 10.8. The number of aliphatic imine (C=N–C) groups is 1. The lowest BCUT2D eigenvalue weighted by Gasteiger charge is -2.37. The van der Waals surface area contributed by atoms with Gasteiger partial charge in [0.05, 0.1) is 12.4 Å². The maximum Gasteiger partial charge on any atom is 0.278 e. The fraction of sp³-hybridized carbons (Fsp3) is 0.200. The van der Waals surface area contributed by atoms with Crippen molar-refractivity contribution in [2.75, 3.05) is 48.4 Å². The minimum absolute atomic E-state index is 0.119. The second-order valence-electron chi connectivity index (χ2n) is 9.97. The Bertz CT molecular complexity index is 1640. The van der Waals surface area contributed by atoms with E-state index < -0.39 is 0 Å². The fourth-order valence-corrected chi connectivity index (χ4v) is 5.56. The quantitative estimate of drug-likeness (QED) is 0.296. The topological polar surface area (TPSA) is 90.9 Å². The number of amides is 1. The zero-order valence-corrected chi connectivity index (χ0v) is 24.2. The maximum absolute atomic E-state index is 13.7. The third kappa shape index (κ3) is 6.01. The molecule has 0 atom stereocenters. The largest absolute Gasteiger partial charge is 0.383 e. The highest BCUT2D eigenvalue weighted by atomic mass is 35.5. The molecule has 8 nitrogen and oxygen atoms in total. The van der Waals surface area contributed by atoms with Gasteiger partial charge in [0, 0.05) is 70.7 Å². The van der Waals surface area contributed by atoms with Crippen molar-refractivity contribution in [3.63, 3.8) is 0 Å². The summed E-state index contributed by atoms with van der Waals surface area (Å²) in [7, 11) is 0. The van der Waals surface area contributed by atoms with Crippen molar-refractivity contribution in [3.8, 4) is 0 Å². The van der Waals surface area contributed by atoms with Gasteiger partial charge in [-0.05, 0) is 54.1 Å². The number of benzene rings is 3. The molecule has 1 aromatic heterocycles. The zero-order chi connectivity index (χ0) is 28.5. The lowest BCUT2D eigenvalue weighted by molar-refractivity contribution is -0.112. The van der Waals surface area contributed by atoms with E-state index in [-0.39, 0.29) is 17.6 Å². The van der Waals surface area contributed by atoms with E-state index in [1.54, 1.807) is 23.2 Å². The van der Waals surface area contributed by atoms with Crippen molar-refractivity contribution in [2.45, 2.75) is 6.42 Å². The summed E-state index contributed by atoms with van der Waals surface area (Å²) in [6.07, 6.45) is 2.20. The van der Waals surface area contributed by atoms with Gasteiger partial charge in [-0.3, -0.25) is 14.6 Å². The summed E-state index contributed by atoms with van der Waals surface area (Å²) in [6.45, 7) is 3.66. The Kier molecular flexibility index (Phi) is 7.81. The summed E-state index contributed by atoms with van der Waals surface area (Å²) in [4.78, 5) is 33.3. The van der Waals surface area contributed by atoms with Gasteiger partial charge < -0.3 is 10.6 Å². The molecule has 208 valence electrons. The molecule has 0 aliphatic carbocycles. The number of hydrogen-bond donors (Lipinski definition) is 1. The number of aromatic nitrogens is 2. The van der Waals surface area contributed by atoms with Gasteiger partial charge in [0.15, 0.2) is 0 Å². The normalized spacial score (nSPS) is 16.5. The van der Waals surface area contributed by atoms with Gasteiger partial charge in [-0.25, -0.2) is 9.98 Å². The molecule has 2 N–H and O–H groups in total. The molecule has 3 heterocycles. The summed E-state index contributed by atoms with van der Waals surface area (Å²) in [5, 5.41) is 1.90. The Morgan fingerprint density at radius 1 is 0.878 bits per heavy atom. The first kappa shape index (κ1) is 27.5. The Morgan fingerprint density at radius 2 is 1.61 bits per heavy atom. The number of nitrogen functional groups attached to an aromatic ring is 1. The molecule has 41 heavy (non-hydrogen) atoms. The summed E-state index contributed by atoms with van der Waals surface area (Å²) < 4.78 is 0. The fourth-order valence-electron chi connectivity index (χ4n) is 5.08. The third-order valence-corrected chi connectivity index (χ3v) is 7.97. The number of nitrogens with two attached hydrogens (primary N) is 1. The number of fused-ring (bicyclic) bond motifs is 1. The molecule has 3 aromatic carbocycles. The first-order chi connectivity index (χ1) is 19.8. The van der Waals surface area contributed by atoms with E-state index in [0.29, 0.717) is 34.5 Å². The number of nitrogens with zero attached hydrogens (tertiary/aromatic N) is 6. The SMILES string of the molecule is Nc1nc(/N=C2\C(=O)N(CN3CCN(c4cccc(Cl)c4)CC3)c3ccc(Cl)cc32)ncc1Cc1ccc(Cl)cc1. The van der Waals surface area contributed by atoms with Crippen molar-refractivity contribution in [2.24, 2.45) is 4.99 Å². The van der Waals surface area contributed by atoms with Crippen molar-refractivity contribution >= 4 is 69.6 Å². The van der Waals surface area contributed by atoms with Crippen LogP contribution in [0.25, 0.3) is 0 Å². The Hall–Kier alpha value is -3.69. The number of anilines is 3. The van der Waals surface area contributed by atoms with E-state index >= 15 is 0 Å². The molecule has 6 rings (SSSR count). The third-order valence-electron chi connectivity index (χ3n) is 7.24. The Morgan fingerprint density at radius 3 is 2.34 bits per heavy atom. The number of piperazine rings is 1. The van der Waals surface area contributed by atoms with Crippen LogP contribution in [-0.2, 0) is 11.2 Å². The molecule has 0 saturated carbocycles. The van der Waals surface area contributed by atoms with Crippen LogP contribution in [-0.4, -0.2) is 59.3 Å². The van der Waals surface area contributed by atoms with Crippen LogP contribution in [0.4, 0.5) is 23.1 Å². The number of rotatable bonds is 6. The molecule has 1 saturated heterocycles. The predicted molar refractivity (Wildman–Crippen MR) is 166 cm³/mol. The van der Waals surface area contributed by atoms with Crippen LogP contribution in [0.2, 0.25) is 15.1 Å². The van der Waals surface area contributed by atoms with E-state index in [9.17, 15) is 4.79 Å². The zero-order valence-electron chi connectivity index (χ0n) is 22.0. The molecule has 4 aromatic rings. The van der Waals surface area contributed by atoms with Gasteiger partial charge in [0.1, 0.15) is 11.5 Å². The second kappa shape index (κ2) is 11.7. The molecule has 1 amide bonds. The smallest absolute Gasteiger partial charge is 0.278 e. The van der Waals surface area contributed by atoms with Gasteiger partial charge in [-0.15, -0.1) is 0 Å². The molecule has 0 spiro atoms. The van der Waals surface area contributed by atoms with E-state index in [1.807, 2.05) is 48.5 Å². The van der Waals surface area contributed by atoms with Crippen LogP contribution in [0.3, 0.4) is 0 Å². The molecule has 0 radical (unpaired) electrons. The van der Waals surface area contributed by atoms with Gasteiger partial charge in [-0.1, -0.05) is 53.0 Å². The van der Waals surface area contributed by atoms with Crippen molar-refractivity contribution in [1.29, 1.82) is 0 Å². The summed E-state index contributed by atoms with van der Waals surface area (Å²) in [5.74, 6) is 0.195. The molecule has 2 aliphatic heterocycles. The highest BCUT2D eigenvalue weighted by molar-refractivity contribution is 6.55. The number of carbonyl (C=O) groups excluding carboxylic acids is 1. The van der Waals surface area contributed by atoms with E-state index in [2.05, 4.69) is 30.8 Å².